The fourth-order valence-corrected chi connectivity index (χ4v) is 1.14. The molecule has 3 N–H and O–H groups in total. The molecule has 1 amide bonds. The quantitative estimate of drug-likeness (QED) is 0.614. The van der Waals surface area contributed by atoms with E-state index in [1.807, 2.05) is 0 Å². The minimum Gasteiger partial charge on any atom is -0.389 e. The van der Waals surface area contributed by atoms with Gasteiger partial charge in [0.2, 0.25) is 5.91 Å². The number of aliphatic hydroxyl groups is 1. The molecule has 5 nitrogen and oxygen atoms in total. The third-order valence-corrected chi connectivity index (χ3v) is 1.74. The van der Waals surface area contributed by atoms with Gasteiger partial charge in [-0.15, -0.1) is 0 Å². The normalized spacial score (nSPS) is 13.9. The second kappa shape index (κ2) is 5.29. The molecule has 0 saturated heterocycles. The molecule has 0 spiro atoms. The fraction of sp³-hybridized carbons (Fsp3) is 0.889. The van der Waals surface area contributed by atoms with Crippen molar-refractivity contribution in [2.75, 3.05) is 27.3 Å². The second-order valence-corrected chi connectivity index (χ2v) is 4.02. The van der Waals surface area contributed by atoms with Gasteiger partial charge in [-0.3, -0.25) is 4.79 Å². The molecule has 0 aromatic rings. The molecule has 0 aliphatic heterocycles. The smallest absolute Gasteiger partial charge is 0.241 e. The number of carbonyl (C=O) groups excluding carboxylic acids is 1. The van der Waals surface area contributed by atoms with Crippen molar-refractivity contribution in [1.82, 2.24) is 4.90 Å². The van der Waals surface area contributed by atoms with E-state index in [0.717, 1.165) is 0 Å². The number of hydrogen-bond acceptors (Lipinski definition) is 4. The van der Waals surface area contributed by atoms with Gasteiger partial charge in [0.05, 0.1) is 18.2 Å². The number of carbonyl (C=O) groups is 1. The molecule has 84 valence electrons. The van der Waals surface area contributed by atoms with Crippen molar-refractivity contribution in [3.8, 4) is 0 Å². The Bertz CT molecular complexity index is 189. The molecule has 5 heteroatoms. The van der Waals surface area contributed by atoms with Crippen LogP contribution in [0.1, 0.15) is 13.8 Å². The third-order valence-electron chi connectivity index (χ3n) is 1.74. The molecule has 0 saturated carbocycles. The molecule has 0 aromatic carbocycles. The van der Waals surface area contributed by atoms with Crippen molar-refractivity contribution in [2.45, 2.75) is 25.5 Å². The minimum atomic E-state index is -0.901. The maximum atomic E-state index is 11.6. The summed E-state index contributed by atoms with van der Waals surface area (Å²) in [5.41, 5.74) is 4.72. The van der Waals surface area contributed by atoms with Gasteiger partial charge in [-0.1, -0.05) is 0 Å². The monoisotopic (exact) mass is 204 g/mol. The zero-order valence-electron chi connectivity index (χ0n) is 9.28. The number of nitrogens with zero attached hydrogens (tertiary/aromatic N) is 1. The number of amides is 1. The highest BCUT2D eigenvalue weighted by molar-refractivity contribution is 5.84. The van der Waals surface area contributed by atoms with Crippen molar-refractivity contribution in [3.05, 3.63) is 0 Å². The van der Waals surface area contributed by atoms with Gasteiger partial charge in [0.15, 0.2) is 0 Å². The van der Waals surface area contributed by atoms with Crippen molar-refractivity contribution < 1.29 is 14.6 Å². The number of nitrogens with two attached hydrogens (primary N) is 1. The Morgan fingerprint density at radius 2 is 2.14 bits per heavy atom. The van der Waals surface area contributed by atoms with E-state index >= 15 is 0 Å². The molecule has 0 aliphatic rings. The van der Waals surface area contributed by atoms with Crippen molar-refractivity contribution in [1.29, 1.82) is 0 Å². The SMILES string of the molecule is COCC(O)CN(C)C(=O)C(C)(C)N. The summed E-state index contributed by atoms with van der Waals surface area (Å²) in [5.74, 6) is -0.201. The number of hydrogen-bond donors (Lipinski definition) is 2. The summed E-state index contributed by atoms with van der Waals surface area (Å²) >= 11 is 0. The highest BCUT2D eigenvalue weighted by atomic mass is 16.5. The summed E-state index contributed by atoms with van der Waals surface area (Å²) in [6.45, 7) is 3.71. The summed E-state index contributed by atoms with van der Waals surface area (Å²) in [7, 11) is 3.10. The molecule has 14 heavy (non-hydrogen) atoms. The molecule has 0 aliphatic carbocycles. The first-order valence-electron chi connectivity index (χ1n) is 4.50. The van der Waals surface area contributed by atoms with E-state index < -0.39 is 11.6 Å². The van der Waals surface area contributed by atoms with Crippen LogP contribution >= 0.6 is 0 Å². The van der Waals surface area contributed by atoms with E-state index in [2.05, 4.69) is 0 Å². The maximum absolute atomic E-state index is 11.6. The average molecular weight is 204 g/mol. The Morgan fingerprint density at radius 3 is 2.50 bits per heavy atom. The van der Waals surface area contributed by atoms with Gasteiger partial charge in [-0.2, -0.15) is 0 Å². The Hall–Kier alpha value is -0.650. The number of methoxy groups -OCH3 is 1. The van der Waals surface area contributed by atoms with Gasteiger partial charge in [0.25, 0.3) is 0 Å². The van der Waals surface area contributed by atoms with Crippen molar-refractivity contribution in [2.24, 2.45) is 5.73 Å². The molecular formula is C9H20N2O3. The van der Waals surface area contributed by atoms with E-state index in [4.69, 9.17) is 10.5 Å². The van der Waals surface area contributed by atoms with Crippen LogP contribution in [-0.4, -0.2) is 54.9 Å². The Labute approximate surface area is 84.8 Å². The lowest BCUT2D eigenvalue weighted by atomic mass is 10.1. The Balaban J connectivity index is 4.08. The Morgan fingerprint density at radius 1 is 1.64 bits per heavy atom. The van der Waals surface area contributed by atoms with E-state index in [1.54, 1.807) is 20.9 Å². The van der Waals surface area contributed by atoms with E-state index in [9.17, 15) is 9.90 Å². The second-order valence-electron chi connectivity index (χ2n) is 4.02. The lowest BCUT2D eigenvalue weighted by Gasteiger charge is -2.27. The number of likely N-dealkylation sites (N-methyl/N-ethyl adjacent to an activating group) is 1. The molecule has 1 unspecified atom stereocenters. The molecule has 0 bridgehead atoms. The standard InChI is InChI=1S/C9H20N2O3/c1-9(2,10)8(13)11(3)5-7(12)6-14-4/h7,12H,5-6,10H2,1-4H3. The molecule has 1 atom stereocenters. The van der Waals surface area contributed by atoms with Crippen molar-refractivity contribution >= 4 is 5.91 Å². The van der Waals surface area contributed by atoms with E-state index in [-0.39, 0.29) is 19.1 Å². The molecular weight excluding hydrogens is 184 g/mol. The summed E-state index contributed by atoms with van der Waals surface area (Å²) in [4.78, 5) is 13.0. The van der Waals surface area contributed by atoms with Crippen LogP contribution in [0.15, 0.2) is 0 Å². The van der Waals surface area contributed by atoms with Gasteiger partial charge in [-0.25, -0.2) is 0 Å². The van der Waals surface area contributed by atoms with E-state index in [1.165, 1.54) is 12.0 Å². The largest absolute Gasteiger partial charge is 0.389 e. The molecule has 0 heterocycles. The van der Waals surface area contributed by atoms with Crippen molar-refractivity contribution in [3.63, 3.8) is 0 Å². The zero-order chi connectivity index (χ0) is 11.4. The Kier molecular flexibility index (Phi) is 5.04. The first-order valence-corrected chi connectivity index (χ1v) is 4.50. The average Bonchev–Trinajstić information content (AvgIpc) is 2.01. The highest BCUT2D eigenvalue weighted by Gasteiger charge is 2.26. The van der Waals surface area contributed by atoms with Gasteiger partial charge in [0, 0.05) is 20.7 Å². The number of ether oxygens (including phenoxy) is 1. The van der Waals surface area contributed by atoms with Gasteiger partial charge in [0.1, 0.15) is 0 Å². The first-order chi connectivity index (χ1) is 6.29. The van der Waals surface area contributed by atoms with Crippen LogP contribution in [0.5, 0.6) is 0 Å². The first kappa shape index (κ1) is 13.4. The van der Waals surface area contributed by atoms with Crippen LogP contribution in [0.3, 0.4) is 0 Å². The maximum Gasteiger partial charge on any atom is 0.241 e. The summed E-state index contributed by atoms with van der Waals surface area (Å²) in [6, 6.07) is 0. The number of rotatable bonds is 5. The number of aliphatic hydroxyl groups excluding tert-OH is 1. The summed E-state index contributed by atoms with van der Waals surface area (Å²) in [5, 5.41) is 9.37. The van der Waals surface area contributed by atoms with Gasteiger partial charge >= 0.3 is 0 Å². The zero-order valence-corrected chi connectivity index (χ0v) is 9.28. The highest BCUT2D eigenvalue weighted by Crippen LogP contribution is 2.03. The molecule has 0 rings (SSSR count). The van der Waals surface area contributed by atoms with Crippen LogP contribution in [0, 0.1) is 0 Å². The fourth-order valence-electron chi connectivity index (χ4n) is 1.14. The lowest BCUT2D eigenvalue weighted by Crippen LogP contribution is -2.51. The molecule has 0 fully saturated rings. The van der Waals surface area contributed by atoms with Crippen LogP contribution in [0.25, 0.3) is 0 Å². The van der Waals surface area contributed by atoms with Gasteiger partial charge < -0.3 is 20.5 Å². The predicted molar refractivity (Wildman–Crippen MR) is 53.8 cm³/mol. The van der Waals surface area contributed by atoms with Crippen LogP contribution in [-0.2, 0) is 9.53 Å². The molecule has 0 aromatic heterocycles. The lowest BCUT2D eigenvalue weighted by molar-refractivity contribution is -0.136. The van der Waals surface area contributed by atoms with Crippen LogP contribution in [0.4, 0.5) is 0 Å². The minimum absolute atomic E-state index is 0.201. The van der Waals surface area contributed by atoms with Crippen LogP contribution < -0.4 is 5.73 Å². The predicted octanol–water partition coefficient (Wildman–Crippen LogP) is -0.811. The van der Waals surface area contributed by atoms with E-state index in [0.29, 0.717) is 0 Å². The summed E-state index contributed by atoms with van der Waals surface area (Å²) in [6.07, 6.45) is -0.670. The summed E-state index contributed by atoms with van der Waals surface area (Å²) < 4.78 is 4.75. The molecule has 0 radical (unpaired) electrons. The van der Waals surface area contributed by atoms with Crippen LogP contribution in [0.2, 0.25) is 0 Å². The third kappa shape index (κ3) is 4.55. The van der Waals surface area contributed by atoms with Gasteiger partial charge in [-0.05, 0) is 13.8 Å². The topological polar surface area (TPSA) is 75.8 Å².